The van der Waals surface area contributed by atoms with E-state index in [9.17, 15) is 19.2 Å². The lowest BCUT2D eigenvalue weighted by Crippen LogP contribution is -2.20. The minimum Gasteiger partial charge on any atom is -0.478 e. The zero-order valence-electron chi connectivity index (χ0n) is 14.4. The lowest BCUT2D eigenvalue weighted by molar-refractivity contribution is 0.0686. The molecule has 2 aromatic rings. The van der Waals surface area contributed by atoms with Gasteiger partial charge in [0, 0.05) is 5.41 Å². The molecule has 2 aromatic carbocycles. The van der Waals surface area contributed by atoms with E-state index < -0.39 is 17.4 Å². The molecular weight excluding hydrogens is 352 g/mol. The highest BCUT2D eigenvalue weighted by Gasteiger charge is 2.30. The van der Waals surface area contributed by atoms with Gasteiger partial charge < -0.3 is 10.2 Å². The van der Waals surface area contributed by atoms with Gasteiger partial charge in [-0.3, -0.25) is 0 Å². The van der Waals surface area contributed by atoms with Gasteiger partial charge in [-0.1, -0.05) is 26.0 Å². The van der Waals surface area contributed by atoms with Crippen LogP contribution in [0, 0.1) is 0 Å². The molecule has 0 spiro atoms. The minimum absolute atomic E-state index is 0.0593. The van der Waals surface area contributed by atoms with E-state index in [1.165, 1.54) is 48.6 Å². The van der Waals surface area contributed by atoms with Crippen molar-refractivity contribution in [1.82, 2.24) is 0 Å². The van der Waals surface area contributed by atoms with Crippen molar-refractivity contribution in [2.45, 2.75) is 19.3 Å². The predicted molar refractivity (Wildman–Crippen MR) is 94.5 cm³/mol. The fourth-order valence-electron chi connectivity index (χ4n) is 2.81. The number of isocyanates is 2. The SMILES string of the molecule is CC(C)(c1ccc(C(=O)O)cc1N=C=O)c1ccc(C(=O)O)cc1N=C=O. The molecule has 0 aliphatic heterocycles. The number of hydrogen-bond donors (Lipinski definition) is 2. The Labute approximate surface area is 153 Å². The van der Waals surface area contributed by atoms with Crippen molar-refractivity contribution >= 4 is 35.5 Å². The quantitative estimate of drug-likeness (QED) is 0.595. The summed E-state index contributed by atoms with van der Waals surface area (Å²) >= 11 is 0. The highest BCUT2D eigenvalue weighted by atomic mass is 16.4. The van der Waals surface area contributed by atoms with Crippen molar-refractivity contribution < 1.29 is 29.4 Å². The van der Waals surface area contributed by atoms with E-state index in [-0.39, 0.29) is 22.5 Å². The number of hydrogen-bond acceptors (Lipinski definition) is 6. The van der Waals surface area contributed by atoms with Gasteiger partial charge in [-0.05, 0) is 35.4 Å². The van der Waals surface area contributed by atoms with Gasteiger partial charge in [-0.2, -0.15) is 9.98 Å². The van der Waals surface area contributed by atoms with Crippen LogP contribution in [0.15, 0.2) is 46.4 Å². The Hall–Kier alpha value is -3.86. The average molecular weight is 366 g/mol. The molecule has 0 atom stereocenters. The van der Waals surface area contributed by atoms with E-state index in [1.54, 1.807) is 13.8 Å². The fraction of sp³-hybridized carbons (Fsp3) is 0.158. The third-order valence-electron chi connectivity index (χ3n) is 4.17. The number of carboxylic acid groups (broad SMARTS) is 2. The lowest BCUT2D eigenvalue weighted by atomic mass is 9.76. The second-order valence-corrected chi connectivity index (χ2v) is 6.11. The van der Waals surface area contributed by atoms with Crippen LogP contribution >= 0.6 is 0 Å². The number of rotatable bonds is 6. The summed E-state index contributed by atoms with van der Waals surface area (Å²) in [7, 11) is 0. The summed E-state index contributed by atoms with van der Waals surface area (Å²) in [6.07, 6.45) is 2.79. The summed E-state index contributed by atoms with van der Waals surface area (Å²) in [5.74, 6) is -2.36. The summed E-state index contributed by atoms with van der Waals surface area (Å²) in [5.41, 5.74) is 0.116. The molecule has 0 aromatic heterocycles. The number of aromatic carboxylic acids is 2. The molecule has 0 amide bonds. The van der Waals surface area contributed by atoms with Gasteiger partial charge in [0.1, 0.15) is 0 Å². The van der Waals surface area contributed by atoms with E-state index in [4.69, 9.17) is 10.2 Å². The maximum atomic E-state index is 11.2. The van der Waals surface area contributed by atoms with Crippen LogP contribution < -0.4 is 0 Å². The summed E-state index contributed by atoms with van der Waals surface area (Å²) in [6, 6.07) is 8.19. The number of carbonyl (C=O) groups is 2. The second-order valence-electron chi connectivity index (χ2n) is 6.11. The van der Waals surface area contributed by atoms with Crippen LogP contribution in [0.1, 0.15) is 45.7 Å². The molecule has 136 valence electrons. The summed E-state index contributed by atoms with van der Waals surface area (Å²) < 4.78 is 0. The van der Waals surface area contributed by atoms with Crippen molar-refractivity contribution in [2.24, 2.45) is 9.98 Å². The molecule has 0 aliphatic rings. The van der Waals surface area contributed by atoms with Gasteiger partial charge in [-0.25, -0.2) is 19.2 Å². The molecule has 0 saturated heterocycles. The van der Waals surface area contributed by atoms with Crippen molar-refractivity contribution in [3.63, 3.8) is 0 Å². The Morgan fingerprint density at radius 2 is 1.19 bits per heavy atom. The number of aliphatic imine (C=N–C) groups is 2. The van der Waals surface area contributed by atoms with Crippen molar-refractivity contribution in [3.05, 3.63) is 58.7 Å². The molecule has 0 heterocycles. The molecule has 0 unspecified atom stereocenters. The van der Waals surface area contributed by atoms with Gasteiger partial charge in [0.2, 0.25) is 12.2 Å². The third-order valence-corrected chi connectivity index (χ3v) is 4.17. The molecule has 8 nitrogen and oxygen atoms in total. The minimum atomic E-state index is -1.18. The second kappa shape index (κ2) is 7.58. The summed E-state index contributed by atoms with van der Waals surface area (Å²) in [6.45, 7) is 3.48. The first-order valence-electron chi connectivity index (χ1n) is 7.63. The van der Waals surface area contributed by atoms with Gasteiger partial charge in [0.05, 0.1) is 22.5 Å². The van der Waals surface area contributed by atoms with Crippen molar-refractivity contribution in [1.29, 1.82) is 0 Å². The Morgan fingerprint density at radius 1 is 0.815 bits per heavy atom. The normalized spacial score (nSPS) is 10.4. The standard InChI is InChI=1S/C19H14N2O6/c1-19(2,13-5-3-11(17(24)25)7-15(13)20-9-22)14-6-4-12(18(26)27)8-16(14)21-10-23/h3-8H,1-2H3,(H,24,25)(H,26,27). The first-order chi connectivity index (χ1) is 12.7. The average Bonchev–Trinajstić information content (AvgIpc) is 2.61. The first kappa shape index (κ1) is 19.5. The Morgan fingerprint density at radius 3 is 1.48 bits per heavy atom. The maximum Gasteiger partial charge on any atom is 0.335 e. The van der Waals surface area contributed by atoms with E-state index in [0.717, 1.165) is 0 Å². The van der Waals surface area contributed by atoms with Crippen LogP contribution in [0.3, 0.4) is 0 Å². The first-order valence-corrected chi connectivity index (χ1v) is 7.63. The van der Waals surface area contributed by atoms with Crippen molar-refractivity contribution in [2.75, 3.05) is 0 Å². The number of nitrogens with zero attached hydrogens (tertiary/aromatic N) is 2. The predicted octanol–water partition coefficient (Wildman–Crippen LogP) is 3.34. The molecule has 0 aliphatic carbocycles. The van der Waals surface area contributed by atoms with E-state index in [1.807, 2.05) is 0 Å². The molecule has 8 heteroatoms. The largest absolute Gasteiger partial charge is 0.478 e. The van der Waals surface area contributed by atoms with Crippen LogP contribution in [0.4, 0.5) is 11.4 Å². The molecule has 0 fully saturated rings. The molecule has 2 N–H and O–H groups in total. The number of benzene rings is 2. The van der Waals surface area contributed by atoms with E-state index in [2.05, 4.69) is 9.98 Å². The third kappa shape index (κ3) is 3.88. The zero-order valence-corrected chi connectivity index (χ0v) is 14.4. The smallest absolute Gasteiger partial charge is 0.335 e. The van der Waals surface area contributed by atoms with Crippen LogP contribution in [-0.4, -0.2) is 34.3 Å². The van der Waals surface area contributed by atoms with E-state index in [0.29, 0.717) is 11.1 Å². The highest BCUT2D eigenvalue weighted by molar-refractivity contribution is 5.90. The molecule has 27 heavy (non-hydrogen) atoms. The van der Waals surface area contributed by atoms with E-state index >= 15 is 0 Å². The van der Waals surface area contributed by atoms with Gasteiger partial charge in [-0.15, -0.1) is 0 Å². The summed E-state index contributed by atoms with van der Waals surface area (Å²) in [5, 5.41) is 18.3. The molecular formula is C19H14N2O6. The number of carboxylic acids is 2. The van der Waals surface area contributed by atoms with Crippen LogP contribution in [0.2, 0.25) is 0 Å². The maximum absolute atomic E-state index is 11.2. The Kier molecular flexibility index (Phi) is 5.46. The van der Waals surface area contributed by atoms with Gasteiger partial charge in [0.15, 0.2) is 0 Å². The fourth-order valence-corrected chi connectivity index (χ4v) is 2.81. The van der Waals surface area contributed by atoms with Gasteiger partial charge in [0.25, 0.3) is 0 Å². The topological polar surface area (TPSA) is 133 Å². The molecule has 2 rings (SSSR count). The van der Waals surface area contributed by atoms with Gasteiger partial charge >= 0.3 is 11.9 Å². The Bertz CT molecular complexity index is 947. The lowest BCUT2D eigenvalue weighted by Gasteiger charge is -2.28. The molecule has 0 saturated carbocycles. The monoisotopic (exact) mass is 366 g/mol. The highest BCUT2D eigenvalue weighted by Crippen LogP contribution is 2.42. The van der Waals surface area contributed by atoms with Crippen LogP contribution in [-0.2, 0) is 15.0 Å². The van der Waals surface area contributed by atoms with Crippen molar-refractivity contribution in [3.8, 4) is 0 Å². The summed E-state index contributed by atoms with van der Waals surface area (Å²) in [4.78, 5) is 51.1. The number of carbonyl (C=O) groups excluding carboxylic acids is 2. The molecule has 0 bridgehead atoms. The van der Waals surface area contributed by atoms with Crippen LogP contribution in [0.5, 0.6) is 0 Å². The Balaban J connectivity index is 2.75. The zero-order chi connectivity index (χ0) is 20.2. The molecule has 0 radical (unpaired) electrons. The van der Waals surface area contributed by atoms with Crippen LogP contribution in [0.25, 0.3) is 0 Å².